The minimum atomic E-state index is -3.24. The third kappa shape index (κ3) is 5.02. The lowest BCUT2D eigenvalue weighted by atomic mass is 9.65. The number of carbonyl (C=O) groups excluding carboxylic acids is 1. The molecule has 10 atom stereocenters. The minimum absolute atomic E-state index is 0.0190. The summed E-state index contributed by atoms with van der Waals surface area (Å²) in [6.45, 7) is 1.31. The number of aliphatic hydroxyl groups is 8. The number of ether oxygens (including phenoxy) is 9. The van der Waals surface area contributed by atoms with E-state index in [1.165, 1.54) is 45.4 Å². The second kappa shape index (κ2) is 11.0. The number of esters is 1. The van der Waals surface area contributed by atoms with E-state index in [0.29, 0.717) is 0 Å². The zero-order valence-corrected chi connectivity index (χ0v) is 25.2. The number of carbonyl (C=O) groups is 1. The van der Waals surface area contributed by atoms with Gasteiger partial charge in [0.25, 0.3) is 0 Å². The zero-order chi connectivity index (χ0) is 34.7. The van der Waals surface area contributed by atoms with Crippen LogP contribution in [0.1, 0.15) is 35.6 Å². The molecule has 4 aliphatic heterocycles. The van der Waals surface area contributed by atoms with Crippen molar-refractivity contribution in [3.8, 4) is 28.7 Å². The van der Waals surface area contributed by atoms with Gasteiger partial charge in [0.2, 0.25) is 5.75 Å². The Hall–Kier alpha value is -3.57. The van der Waals surface area contributed by atoms with Gasteiger partial charge in [0, 0.05) is 5.92 Å². The number of benzene rings is 2. The van der Waals surface area contributed by atoms with Gasteiger partial charge in [0.1, 0.15) is 18.3 Å². The zero-order valence-electron chi connectivity index (χ0n) is 25.2. The Balaban J connectivity index is 1.39. The van der Waals surface area contributed by atoms with E-state index >= 15 is 0 Å². The van der Waals surface area contributed by atoms with Crippen molar-refractivity contribution in [1.82, 2.24) is 0 Å². The first-order valence-corrected chi connectivity index (χ1v) is 14.5. The normalized spacial score (nSPS) is 36.8. The third-order valence-corrected chi connectivity index (χ3v) is 9.05. The molecule has 0 spiro atoms. The van der Waals surface area contributed by atoms with Gasteiger partial charge in [-0.15, -0.1) is 0 Å². The highest BCUT2D eigenvalue weighted by Gasteiger charge is 2.66. The Morgan fingerprint density at radius 2 is 1.40 bits per heavy atom. The number of hydrogen-bond acceptors (Lipinski definition) is 19. The van der Waals surface area contributed by atoms with E-state index in [1.807, 2.05) is 0 Å². The lowest BCUT2D eigenvalue weighted by Gasteiger charge is -2.51. The first kappa shape index (κ1) is 33.0. The Bertz CT molecular complexity index is 1600. The molecule has 0 radical (unpaired) electrons. The number of cyclic esters (lactones) is 1. The summed E-state index contributed by atoms with van der Waals surface area (Å²) in [5, 5.41) is 96.0. The van der Waals surface area contributed by atoms with Gasteiger partial charge in [-0.1, -0.05) is 0 Å². The molecule has 0 saturated carbocycles. The topological polar surface area (TPSA) is 282 Å². The molecule has 1 aliphatic carbocycles. The molecule has 3 saturated heterocycles. The first-order valence-electron chi connectivity index (χ1n) is 14.5. The molecule has 19 nitrogen and oxygen atoms in total. The molecule has 262 valence electrons. The van der Waals surface area contributed by atoms with Crippen molar-refractivity contribution in [3.05, 3.63) is 41.0 Å². The average molecular weight is 685 g/mol. The third-order valence-electron chi connectivity index (χ3n) is 9.05. The quantitative estimate of drug-likeness (QED) is 0.114. The summed E-state index contributed by atoms with van der Waals surface area (Å²) in [7, 11) is 2.53. The van der Waals surface area contributed by atoms with Gasteiger partial charge >= 0.3 is 24.1 Å². The predicted octanol–water partition coefficient (Wildman–Crippen LogP) is -2.75. The van der Waals surface area contributed by atoms with Crippen LogP contribution < -0.4 is 18.9 Å². The lowest BCUT2D eigenvalue weighted by molar-refractivity contribution is -0.498. The van der Waals surface area contributed by atoms with Gasteiger partial charge < -0.3 is 73.6 Å². The monoisotopic (exact) mass is 684 g/mol. The molecule has 3 fully saturated rings. The molecule has 0 bridgehead atoms. The smallest absolute Gasteiger partial charge is 0.502 e. The number of hydrogen-bond donors (Lipinski definition) is 9. The van der Waals surface area contributed by atoms with Crippen molar-refractivity contribution >= 4 is 5.97 Å². The van der Waals surface area contributed by atoms with Crippen LogP contribution in [0.2, 0.25) is 0 Å². The van der Waals surface area contributed by atoms with Crippen molar-refractivity contribution in [1.29, 1.82) is 0 Å². The summed E-state index contributed by atoms with van der Waals surface area (Å²) < 4.78 is 47.9. The highest BCUT2D eigenvalue weighted by molar-refractivity contribution is 5.79. The Kier molecular flexibility index (Phi) is 7.53. The maximum atomic E-state index is 13.5. The molecule has 19 heteroatoms. The summed E-state index contributed by atoms with van der Waals surface area (Å²) in [5.41, 5.74) is 0.327. The van der Waals surface area contributed by atoms with E-state index in [2.05, 4.69) is 0 Å². The van der Waals surface area contributed by atoms with Gasteiger partial charge in [-0.3, -0.25) is 19.7 Å². The molecule has 9 N–H and O–H groups in total. The van der Waals surface area contributed by atoms with Gasteiger partial charge in [-0.05, 0) is 47.9 Å². The molecule has 4 heterocycles. The van der Waals surface area contributed by atoms with E-state index < -0.39 is 84.9 Å². The lowest BCUT2D eigenvalue weighted by Crippen LogP contribution is -2.70. The molecule has 7 rings (SSSR count). The van der Waals surface area contributed by atoms with Crippen LogP contribution >= 0.6 is 0 Å². The number of fused-ring (bicyclic) bond motifs is 4. The molecule has 48 heavy (non-hydrogen) atoms. The van der Waals surface area contributed by atoms with Gasteiger partial charge in [-0.2, -0.15) is 0 Å². The molecular formula is C29H32O19. The van der Waals surface area contributed by atoms with Crippen LogP contribution in [0.25, 0.3) is 0 Å². The number of methoxy groups -OCH3 is 2. The maximum Gasteiger partial charge on any atom is 0.505 e. The summed E-state index contributed by atoms with van der Waals surface area (Å²) >= 11 is 0. The van der Waals surface area contributed by atoms with Crippen LogP contribution in [0.5, 0.6) is 28.7 Å². The summed E-state index contributed by atoms with van der Waals surface area (Å²) in [5.74, 6) is -12.9. The van der Waals surface area contributed by atoms with Gasteiger partial charge in [0.15, 0.2) is 41.7 Å². The van der Waals surface area contributed by atoms with Crippen LogP contribution in [-0.2, 0) is 28.5 Å². The highest BCUT2D eigenvalue weighted by Crippen LogP contribution is 2.60. The molecule has 2 aromatic carbocycles. The molecule has 2 aromatic rings. The number of phenols is 1. The van der Waals surface area contributed by atoms with Crippen LogP contribution in [-0.4, -0.2) is 121 Å². The summed E-state index contributed by atoms with van der Waals surface area (Å²) in [6.07, 6.45) is -15.2. The van der Waals surface area contributed by atoms with E-state index in [4.69, 9.17) is 42.6 Å². The molecular weight excluding hydrogens is 652 g/mol. The van der Waals surface area contributed by atoms with Crippen LogP contribution in [0.4, 0.5) is 0 Å². The molecule has 0 aromatic heterocycles. The van der Waals surface area contributed by atoms with Crippen molar-refractivity contribution in [2.45, 2.75) is 74.0 Å². The fourth-order valence-electron chi connectivity index (χ4n) is 7.10. The Morgan fingerprint density at radius 1 is 0.792 bits per heavy atom. The second-order valence-corrected chi connectivity index (χ2v) is 12.0. The standard InChI is InChI=1S/C29H32O19/c1-8-42-23-20(31)21(32)26(44-24(23)28(36,37)45-8)43-22-11-7-13-12(46-29(38,39)47-13)6-10(11)16(17-18(22)27(34,35)48-25(17)33)9-4-14(40-2)19(30)15(5-9)41-3/h4-8,16-18,20-24,26,30-32,34-39H,1-3H3. The van der Waals surface area contributed by atoms with Gasteiger partial charge in [-0.25, -0.2) is 0 Å². The number of phenolic OH excluding ortho intramolecular Hbond substituents is 1. The number of aromatic hydroxyl groups is 1. The SMILES string of the molecule is COc1cc(C2c3cc4c(cc3C(OC3OC5C(OC(C)OC5(O)O)C(O)C3O)C3C2C(=O)OC3(O)O)OC(O)(O)O4)cc(OC)c1O. The van der Waals surface area contributed by atoms with Crippen molar-refractivity contribution < 1.29 is 93.4 Å². The summed E-state index contributed by atoms with van der Waals surface area (Å²) in [6, 6.07) is 5.17. The van der Waals surface area contributed by atoms with Crippen LogP contribution in [0.15, 0.2) is 24.3 Å². The molecule has 10 unspecified atom stereocenters. The van der Waals surface area contributed by atoms with Crippen LogP contribution in [0, 0.1) is 11.8 Å². The number of rotatable bonds is 5. The fraction of sp³-hybridized carbons (Fsp3) is 0.552. The van der Waals surface area contributed by atoms with E-state index in [0.717, 1.165) is 0 Å². The van der Waals surface area contributed by atoms with E-state index in [9.17, 15) is 50.8 Å². The molecule has 5 aliphatic rings. The van der Waals surface area contributed by atoms with Gasteiger partial charge in [0.05, 0.1) is 32.2 Å². The Labute approximate surface area is 269 Å². The van der Waals surface area contributed by atoms with Crippen molar-refractivity contribution in [3.63, 3.8) is 0 Å². The van der Waals surface area contributed by atoms with Crippen molar-refractivity contribution in [2.75, 3.05) is 14.2 Å². The van der Waals surface area contributed by atoms with Crippen LogP contribution in [0.3, 0.4) is 0 Å². The average Bonchev–Trinajstić information content (AvgIpc) is 3.43. The Morgan fingerprint density at radius 3 is 2.00 bits per heavy atom. The second-order valence-electron chi connectivity index (χ2n) is 12.0. The maximum absolute atomic E-state index is 13.5. The largest absolute Gasteiger partial charge is 0.505 e. The van der Waals surface area contributed by atoms with Crippen molar-refractivity contribution in [2.24, 2.45) is 11.8 Å². The predicted molar refractivity (Wildman–Crippen MR) is 145 cm³/mol. The minimum Gasteiger partial charge on any atom is -0.502 e. The highest BCUT2D eigenvalue weighted by atomic mass is 17.0. The number of aliphatic hydroxyl groups excluding tert-OH is 2. The summed E-state index contributed by atoms with van der Waals surface area (Å²) in [4.78, 5) is 13.5. The molecule has 0 amide bonds. The fourth-order valence-corrected chi connectivity index (χ4v) is 7.10. The van der Waals surface area contributed by atoms with E-state index in [-0.39, 0.29) is 45.4 Å². The first-order chi connectivity index (χ1) is 22.5. The van der Waals surface area contributed by atoms with E-state index in [1.54, 1.807) is 0 Å².